The lowest BCUT2D eigenvalue weighted by Crippen LogP contribution is -2.37. The molecular formula is C20H17Cl2N5O2S. The Morgan fingerprint density at radius 2 is 2.07 bits per heavy atom. The summed E-state index contributed by atoms with van der Waals surface area (Å²) in [6, 6.07) is 10.4. The van der Waals surface area contributed by atoms with Gasteiger partial charge in [-0.05, 0) is 36.8 Å². The van der Waals surface area contributed by atoms with Gasteiger partial charge < -0.3 is 0 Å². The fraction of sp³-hybridized carbons (Fsp3) is 0.200. The third kappa shape index (κ3) is 3.98. The Labute approximate surface area is 186 Å². The number of hydrogen-bond acceptors (Lipinski definition) is 5. The molecule has 0 saturated carbocycles. The number of fused-ring (bicyclic) bond motifs is 1. The standard InChI is InChI=1S/C20H17Cl2N5O2S/c1-2-8-26(18(28)11-27-20(29)25-9-4-3-5-17(25)24-27)19-23-16(12-30-19)14-7-6-13(21)10-15(14)22/h3-7,9-10,12H,2,8,11H2,1H3. The maximum Gasteiger partial charge on any atom is 0.350 e. The van der Waals surface area contributed by atoms with E-state index in [1.165, 1.54) is 20.4 Å². The number of carbonyl (C=O) groups is 1. The van der Waals surface area contributed by atoms with E-state index in [4.69, 9.17) is 23.2 Å². The number of anilines is 1. The molecule has 0 N–H and O–H groups in total. The number of carbonyl (C=O) groups excluding carboxylic acids is 1. The van der Waals surface area contributed by atoms with Crippen molar-refractivity contribution in [3.63, 3.8) is 0 Å². The van der Waals surface area contributed by atoms with E-state index in [9.17, 15) is 9.59 Å². The van der Waals surface area contributed by atoms with Gasteiger partial charge in [-0.2, -0.15) is 0 Å². The molecule has 0 bridgehead atoms. The summed E-state index contributed by atoms with van der Waals surface area (Å²) in [7, 11) is 0. The number of pyridine rings is 1. The fourth-order valence-corrected chi connectivity index (χ4v) is 4.42. The summed E-state index contributed by atoms with van der Waals surface area (Å²) in [5.74, 6) is -0.259. The summed E-state index contributed by atoms with van der Waals surface area (Å²) >= 11 is 13.6. The van der Waals surface area contributed by atoms with Crippen LogP contribution in [-0.2, 0) is 11.3 Å². The quantitative estimate of drug-likeness (QED) is 0.427. The van der Waals surface area contributed by atoms with Gasteiger partial charge in [0.25, 0.3) is 5.91 Å². The summed E-state index contributed by atoms with van der Waals surface area (Å²) in [6.45, 7) is 2.28. The van der Waals surface area contributed by atoms with Crippen molar-refractivity contribution in [3.8, 4) is 11.3 Å². The summed E-state index contributed by atoms with van der Waals surface area (Å²) in [6.07, 6.45) is 2.36. The van der Waals surface area contributed by atoms with Gasteiger partial charge in [-0.1, -0.05) is 36.2 Å². The average Bonchev–Trinajstić information content (AvgIpc) is 3.32. The second kappa shape index (κ2) is 8.59. The minimum Gasteiger partial charge on any atom is -0.287 e. The first-order valence-electron chi connectivity index (χ1n) is 9.23. The third-order valence-electron chi connectivity index (χ3n) is 4.45. The molecule has 3 aromatic heterocycles. The van der Waals surface area contributed by atoms with Gasteiger partial charge in [-0.15, -0.1) is 16.4 Å². The highest BCUT2D eigenvalue weighted by Crippen LogP contribution is 2.33. The van der Waals surface area contributed by atoms with Crippen molar-refractivity contribution in [2.24, 2.45) is 0 Å². The Balaban J connectivity index is 1.62. The van der Waals surface area contributed by atoms with E-state index in [0.717, 1.165) is 12.0 Å². The van der Waals surface area contributed by atoms with Crippen molar-refractivity contribution in [1.82, 2.24) is 19.2 Å². The number of benzene rings is 1. The van der Waals surface area contributed by atoms with E-state index in [1.807, 2.05) is 12.3 Å². The Kier molecular flexibility index (Phi) is 5.90. The van der Waals surface area contributed by atoms with E-state index in [0.29, 0.717) is 33.1 Å². The Morgan fingerprint density at radius 3 is 2.80 bits per heavy atom. The number of amides is 1. The van der Waals surface area contributed by atoms with Crippen LogP contribution in [0.1, 0.15) is 13.3 Å². The van der Waals surface area contributed by atoms with Gasteiger partial charge in [0.2, 0.25) is 0 Å². The largest absolute Gasteiger partial charge is 0.350 e. The van der Waals surface area contributed by atoms with Gasteiger partial charge in [0.1, 0.15) is 6.54 Å². The van der Waals surface area contributed by atoms with Crippen LogP contribution in [0.2, 0.25) is 10.0 Å². The molecule has 4 aromatic rings. The third-order valence-corrected chi connectivity index (χ3v) is 5.86. The number of nitrogens with zero attached hydrogens (tertiary/aromatic N) is 5. The van der Waals surface area contributed by atoms with Crippen LogP contribution in [0.4, 0.5) is 5.13 Å². The average molecular weight is 462 g/mol. The number of aromatic nitrogens is 4. The zero-order valence-electron chi connectivity index (χ0n) is 16.0. The minimum atomic E-state index is -0.358. The normalized spacial score (nSPS) is 11.2. The Bertz CT molecular complexity index is 1280. The van der Waals surface area contributed by atoms with E-state index >= 15 is 0 Å². The van der Waals surface area contributed by atoms with Gasteiger partial charge in [0.05, 0.1) is 10.7 Å². The van der Waals surface area contributed by atoms with Crippen LogP contribution in [0.25, 0.3) is 16.9 Å². The predicted octanol–water partition coefficient (Wildman–Crippen LogP) is 4.37. The van der Waals surface area contributed by atoms with E-state index in [2.05, 4.69) is 10.1 Å². The molecule has 3 heterocycles. The molecule has 0 fully saturated rings. The maximum absolute atomic E-state index is 13.0. The molecule has 10 heteroatoms. The highest BCUT2D eigenvalue weighted by molar-refractivity contribution is 7.14. The first kappa shape index (κ1) is 20.6. The molecule has 0 unspecified atom stereocenters. The first-order chi connectivity index (χ1) is 14.5. The molecule has 1 aromatic carbocycles. The van der Waals surface area contributed by atoms with E-state index < -0.39 is 0 Å². The highest BCUT2D eigenvalue weighted by atomic mass is 35.5. The molecule has 4 rings (SSSR count). The monoisotopic (exact) mass is 461 g/mol. The topological polar surface area (TPSA) is 72.5 Å². The van der Waals surface area contributed by atoms with Gasteiger partial charge in [-0.25, -0.2) is 14.5 Å². The van der Waals surface area contributed by atoms with Gasteiger partial charge in [-0.3, -0.25) is 14.1 Å². The van der Waals surface area contributed by atoms with Crippen molar-refractivity contribution in [2.45, 2.75) is 19.9 Å². The molecule has 7 nitrogen and oxygen atoms in total. The number of rotatable bonds is 6. The van der Waals surface area contributed by atoms with Crippen LogP contribution in [0.3, 0.4) is 0 Å². The van der Waals surface area contributed by atoms with Crippen molar-refractivity contribution < 1.29 is 4.79 Å². The molecule has 30 heavy (non-hydrogen) atoms. The van der Waals surface area contributed by atoms with E-state index in [1.54, 1.807) is 47.5 Å². The Morgan fingerprint density at radius 1 is 1.23 bits per heavy atom. The van der Waals surface area contributed by atoms with Crippen LogP contribution in [-0.4, -0.2) is 31.6 Å². The molecule has 0 radical (unpaired) electrons. The molecule has 0 aliphatic carbocycles. The van der Waals surface area contributed by atoms with Crippen LogP contribution in [0.15, 0.2) is 52.8 Å². The summed E-state index contributed by atoms with van der Waals surface area (Å²) in [5.41, 5.74) is 1.54. The first-order valence-corrected chi connectivity index (χ1v) is 10.9. The number of halogens is 2. The smallest absolute Gasteiger partial charge is 0.287 e. The van der Waals surface area contributed by atoms with Gasteiger partial charge in [0, 0.05) is 28.7 Å². The predicted molar refractivity (Wildman–Crippen MR) is 120 cm³/mol. The van der Waals surface area contributed by atoms with Crippen molar-refractivity contribution in [1.29, 1.82) is 0 Å². The zero-order valence-corrected chi connectivity index (χ0v) is 18.3. The molecule has 154 valence electrons. The fourth-order valence-electron chi connectivity index (χ4n) is 3.04. The molecule has 0 atom stereocenters. The Hall–Kier alpha value is -2.68. The SMILES string of the molecule is CCCN(C(=O)Cn1nc2ccccn2c1=O)c1nc(-c2ccc(Cl)cc2Cl)cs1. The van der Waals surface area contributed by atoms with Crippen LogP contribution >= 0.6 is 34.5 Å². The molecule has 0 saturated heterocycles. The minimum absolute atomic E-state index is 0.170. The van der Waals surface area contributed by atoms with Crippen LogP contribution in [0, 0.1) is 0 Å². The lowest BCUT2D eigenvalue weighted by molar-refractivity contribution is -0.119. The van der Waals surface area contributed by atoms with Crippen LogP contribution in [0.5, 0.6) is 0 Å². The molecular weight excluding hydrogens is 445 g/mol. The highest BCUT2D eigenvalue weighted by Gasteiger charge is 2.21. The molecule has 1 amide bonds. The maximum atomic E-state index is 13.0. The van der Waals surface area contributed by atoms with Crippen molar-refractivity contribution in [3.05, 3.63) is 68.5 Å². The summed E-state index contributed by atoms with van der Waals surface area (Å²) in [5, 5.41) is 7.65. The van der Waals surface area contributed by atoms with Gasteiger partial charge >= 0.3 is 5.69 Å². The lowest BCUT2D eigenvalue weighted by Gasteiger charge is -2.18. The number of thiazole rings is 1. The molecule has 0 spiro atoms. The van der Waals surface area contributed by atoms with Crippen molar-refractivity contribution in [2.75, 3.05) is 11.4 Å². The second-order valence-corrected chi connectivity index (χ2v) is 8.23. The van der Waals surface area contributed by atoms with Crippen molar-refractivity contribution >= 4 is 51.2 Å². The second-order valence-electron chi connectivity index (χ2n) is 6.55. The van der Waals surface area contributed by atoms with E-state index in [-0.39, 0.29) is 18.1 Å². The van der Waals surface area contributed by atoms with Gasteiger partial charge in [0.15, 0.2) is 10.8 Å². The summed E-state index contributed by atoms with van der Waals surface area (Å²) in [4.78, 5) is 31.7. The zero-order chi connectivity index (χ0) is 21.3. The van der Waals surface area contributed by atoms with Crippen LogP contribution < -0.4 is 10.6 Å². The lowest BCUT2D eigenvalue weighted by atomic mass is 10.2. The molecule has 0 aliphatic heterocycles. The summed E-state index contributed by atoms with van der Waals surface area (Å²) < 4.78 is 2.58. The number of hydrogen-bond donors (Lipinski definition) is 0. The molecule has 0 aliphatic rings.